The molecule has 0 aromatic heterocycles. The molecule has 0 aliphatic heterocycles. The third-order valence-electron chi connectivity index (χ3n) is 2.65. The summed E-state index contributed by atoms with van der Waals surface area (Å²) in [5.74, 6) is 1.87. The van der Waals surface area contributed by atoms with Gasteiger partial charge in [-0.05, 0) is 36.4 Å². The zero-order valence-electron chi connectivity index (χ0n) is 11.7. The van der Waals surface area contributed by atoms with E-state index < -0.39 is 6.36 Å². The normalized spacial score (nSPS) is 13.2. The van der Waals surface area contributed by atoms with Gasteiger partial charge < -0.3 is 10.1 Å². The van der Waals surface area contributed by atoms with Crippen molar-refractivity contribution in [3.05, 3.63) is 29.8 Å². The zero-order chi connectivity index (χ0) is 15.0. The lowest BCUT2D eigenvalue weighted by Gasteiger charge is -2.17. The number of alkyl halides is 3. The molecule has 1 unspecified atom stereocenters. The highest BCUT2D eigenvalue weighted by Gasteiger charge is 2.30. The topological polar surface area (TPSA) is 21.3 Å². The van der Waals surface area contributed by atoms with Crippen molar-refractivity contribution in [2.75, 3.05) is 18.1 Å². The Bertz CT molecular complexity index is 381. The van der Waals surface area contributed by atoms with Crippen LogP contribution in [0.25, 0.3) is 0 Å². The van der Waals surface area contributed by atoms with E-state index >= 15 is 0 Å². The highest BCUT2D eigenvalue weighted by molar-refractivity contribution is 7.99. The van der Waals surface area contributed by atoms with Crippen molar-refractivity contribution in [2.24, 2.45) is 0 Å². The first-order valence-electron chi connectivity index (χ1n) is 6.60. The molecule has 0 radical (unpaired) electrons. The third-order valence-corrected chi connectivity index (χ3v) is 3.70. The summed E-state index contributed by atoms with van der Waals surface area (Å²) in [5, 5.41) is 3.39. The maximum absolute atomic E-state index is 12.1. The van der Waals surface area contributed by atoms with Gasteiger partial charge in [0.05, 0.1) is 0 Å². The monoisotopic (exact) mass is 307 g/mol. The first kappa shape index (κ1) is 17.2. The summed E-state index contributed by atoms with van der Waals surface area (Å²) in [4.78, 5) is 0. The molecule has 0 saturated heterocycles. The Balaban J connectivity index is 2.58. The number of nitrogens with one attached hydrogen (secondary N) is 1. The van der Waals surface area contributed by atoms with E-state index in [1.54, 1.807) is 12.1 Å². The molecule has 1 rings (SSSR count). The SMILES string of the molecule is CCNC(CSCC)Cc1ccc(OC(F)(F)F)cc1. The van der Waals surface area contributed by atoms with E-state index in [9.17, 15) is 13.2 Å². The average Bonchev–Trinajstić information content (AvgIpc) is 2.37. The Labute approximate surface area is 122 Å². The van der Waals surface area contributed by atoms with Crippen molar-refractivity contribution >= 4 is 11.8 Å². The standard InChI is InChI=1S/C14H20F3NOS/c1-3-18-12(10-20-4-2)9-11-5-7-13(8-6-11)19-14(15,16)17/h5-8,12,18H,3-4,9-10H2,1-2H3. The van der Waals surface area contributed by atoms with E-state index in [0.29, 0.717) is 6.04 Å². The molecule has 0 aliphatic rings. The van der Waals surface area contributed by atoms with Gasteiger partial charge in [-0.3, -0.25) is 0 Å². The van der Waals surface area contributed by atoms with Crippen molar-refractivity contribution < 1.29 is 17.9 Å². The van der Waals surface area contributed by atoms with Gasteiger partial charge in [-0.15, -0.1) is 13.2 Å². The number of ether oxygens (including phenoxy) is 1. The number of rotatable bonds is 8. The van der Waals surface area contributed by atoms with Crippen LogP contribution in [0.3, 0.4) is 0 Å². The first-order valence-corrected chi connectivity index (χ1v) is 7.76. The number of halogens is 3. The molecule has 0 spiro atoms. The Morgan fingerprint density at radius 2 is 1.85 bits per heavy atom. The molecule has 6 heteroatoms. The molecule has 0 bridgehead atoms. The van der Waals surface area contributed by atoms with Crippen LogP contribution in [0.15, 0.2) is 24.3 Å². The lowest BCUT2D eigenvalue weighted by Crippen LogP contribution is -2.33. The second kappa shape index (κ2) is 8.42. The molecular weight excluding hydrogens is 287 g/mol. The molecule has 0 heterocycles. The highest BCUT2D eigenvalue weighted by atomic mass is 32.2. The van der Waals surface area contributed by atoms with Gasteiger partial charge in [-0.2, -0.15) is 11.8 Å². The molecule has 1 aromatic rings. The summed E-state index contributed by atoms with van der Waals surface area (Å²) in [5.41, 5.74) is 1.00. The maximum atomic E-state index is 12.1. The van der Waals surface area contributed by atoms with E-state index in [-0.39, 0.29) is 5.75 Å². The number of hydrogen-bond acceptors (Lipinski definition) is 3. The van der Waals surface area contributed by atoms with Gasteiger partial charge in [0, 0.05) is 11.8 Å². The smallest absolute Gasteiger partial charge is 0.406 e. The minimum Gasteiger partial charge on any atom is -0.406 e. The van der Waals surface area contributed by atoms with Crippen LogP contribution >= 0.6 is 11.8 Å². The second-order valence-corrected chi connectivity index (χ2v) is 5.63. The van der Waals surface area contributed by atoms with Gasteiger partial charge >= 0.3 is 6.36 Å². The summed E-state index contributed by atoms with van der Waals surface area (Å²) < 4.78 is 40.0. The van der Waals surface area contributed by atoms with Crippen LogP contribution in [0.1, 0.15) is 19.4 Å². The van der Waals surface area contributed by atoms with Crippen molar-refractivity contribution in [3.8, 4) is 5.75 Å². The van der Waals surface area contributed by atoms with Crippen LogP contribution in [0, 0.1) is 0 Å². The molecule has 0 fully saturated rings. The molecular formula is C14H20F3NOS. The van der Waals surface area contributed by atoms with Crippen molar-refractivity contribution in [1.82, 2.24) is 5.32 Å². The third kappa shape index (κ3) is 7.05. The minimum atomic E-state index is -4.63. The molecule has 2 nitrogen and oxygen atoms in total. The fraction of sp³-hybridized carbons (Fsp3) is 0.571. The van der Waals surface area contributed by atoms with Crippen molar-refractivity contribution in [1.29, 1.82) is 0 Å². The van der Waals surface area contributed by atoms with Crippen LogP contribution in [0.2, 0.25) is 0 Å². The number of hydrogen-bond donors (Lipinski definition) is 1. The molecule has 0 aliphatic carbocycles. The average molecular weight is 307 g/mol. The zero-order valence-corrected chi connectivity index (χ0v) is 12.5. The lowest BCUT2D eigenvalue weighted by atomic mass is 10.1. The van der Waals surface area contributed by atoms with Gasteiger partial charge in [-0.25, -0.2) is 0 Å². The maximum Gasteiger partial charge on any atom is 0.573 e. The minimum absolute atomic E-state index is 0.177. The number of likely N-dealkylation sites (N-methyl/N-ethyl adjacent to an activating group) is 1. The van der Waals surface area contributed by atoms with E-state index in [0.717, 1.165) is 30.0 Å². The van der Waals surface area contributed by atoms with Gasteiger partial charge in [-0.1, -0.05) is 26.0 Å². The molecule has 1 aromatic carbocycles. The highest BCUT2D eigenvalue weighted by Crippen LogP contribution is 2.23. The van der Waals surface area contributed by atoms with E-state index in [1.807, 2.05) is 18.7 Å². The fourth-order valence-electron chi connectivity index (χ4n) is 1.85. The molecule has 1 N–H and O–H groups in total. The second-order valence-electron chi connectivity index (χ2n) is 4.31. The predicted molar refractivity (Wildman–Crippen MR) is 77.3 cm³/mol. The van der Waals surface area contributed by atoms with E-state index in [1.165, 1.54) is 12.1 Å². The van der Waals surface area contributed by atoms with Crippen LogP contribution in [0.4, 0.5) is 13.2 Å². The predicted octanol–water partition coefficient (Wildman–Crippen LogP) is 3.86. The van der Waals surface area contributed by atoms with Crippen LogP contribution in [-0.2, 0) is 6.42 Å². The van der Waals surface area contributed by atoms with E-state index in [2.05, 4.69) is 17.0 Å². The van der Waals surface area contributed by atoms with Crippen molar-refractivity contribution in [2.45, 2.75) is 32.7 Å². The first-order chi connectivity index (χ1) is 9.44. The van der Waals surface area contributed by atoms with Crippen LogP contribution < -0.4 is 10.1 Å². The summed E-state index contributed by atoms with van der Waals surface area (Å²) in [6.07, 6.45) is -3.83. The van der Waals surface area contributed by atoms with E-state index in [4.69, 9.17) is 0 Å². The molecule has 0 amide bonds. The Kier molecular flexibility index (Phi) is 7.23. The number of benzene rings is 1. The number of thioether (sulfide) groups is 1. The van der Waals surface area contributed by atoms with Crippen LogP contribution in [-0.4, -0.2) is 30.5 Å². The lowest BCUT2D eigenvalue weighted by molar-refractivity contribution is -0.274. The van der Waals surface area contributed by atoms with Gasteiger partial charge in [0.2, 0.25) is 0 Å². The molecule has 20 heavy (non-hydrogen) atoms. The van der Waals surface area contributed by atoms with Gasteiger partial charge in [0.15, 0.2) is 0 Å². The fourth-order valence-corrected chi connectivity index (χ4v) is 2.61. The molecule has 0 saturated carbocycles. The molecule has 114 valence electrons. The summed E-state index contributed by atoms with van der Waals surface area (Å²) in [6, 6.07) is 6.42. The quantitative estimate of drug-likeness (QED) is 0.788. The Morgan fingerprint density at radius 1 is 1.20 bits per heavy atom. The summed E-state index contributed by atoms with van der Waals surface area (Å²) in [7, 11) is 0. The summed E-state index contributed by atoms with van der Waals surface area (Å²) in [6.45, 7) is 5.03. The Hall–Kier alpha value is -0.880. The van der Waals surface area contributed by atoms with Crippen LogP contribution in [0.5, 0.6) is 5.75 Å². The molecule has 1 atom stereocenters. The van der Waals surface area contributed by atoms with Gasteiger partial charge in [0.25, 0.3) is 0 Å². The van der Waals surface area contributed by atoms with Gasteiger partial charge in [0.1, 0.15) is 5.75 Å². The van der Waals surface area contributed by atoms with Crippen molar-refractivity contribution in [3.63, 3.8) is 0 Å². The largest absolute Gasteiger partial charge is 0.573 e. The Morgan fingerprint density at radius 3 is 2.35 bits per heavy atom. The summed E-state index contributed by atoms with van der Waals surface area (Å²) >= 11 is 1.85.